The fraction of sp³-hybridized carbons (Fsp3) is 0.440. The number of ether oxygens (including phenoxy) is 4. The Bertz CT molecular complexity index is 2340. The number of oxime groups is 1. The molecule has 0 aromatic heterocycles. The number of hydrogen-bond donors (Lipinski definition) is 3. The molecule has 4 aromatic rings. The zero-order valence-electron chi connectivity index (χ0n) is 36.0. The lowest BCUT2D eigenvalue weighted by atomic mass is 9.55. The van der Waals surface area contributed by atoms with Gasteiger partial charge in [-0.15, -0.1) is 6.58 Å². The molecule has 4 aliphatic rings. The lowest BCUT2D eigenvalue weighted by Crippen LogP contribution is -2.70. The second-order valence-corrected chi connectivity index (χ2v) is 17.1. The van der Waals surface area contributed by atoms with E-state index >= 15 is 4.79 Å². The van der Waals surface area contributed by atoms with Crippen molar-refractivity contribution in [2.75, 3.05) is 26.4 Å². The van der Waals surface area contributed by atoms with Crippen molar-refractivity contribution in [3.05, 3.63) is 130 Å². The second kappa shape index (κ2) is 20.4. The van der Waals surface area contributed by atoms with Gasteiger partial charge in [0.05, 0.1) is 36.3 Å². The molecule has 2 aliphatic heterocycles. The van der Waals surface area contributed by atoms with Crippen LogP contribution in [0.1, 0.15) is 81.3 Å². The van der Waals surface area contributed by atoms with Gasteiger partial charge < -0.3 is 39.1 Å². The Balaban J connectivity index is 1.34. The van der Waals surface area contributed by atoms with Crippen LogP contribution >= 0.6 is 0 Å². The van der Waals surface area contributed by atoms with Gasteiger partial charge in [0.2, 0.25) is 12.1 Å². The molecule has 3 N–H and O–H groups in total. The number of nitro groups is 1. The number of hydrogen-bond acceptors (Lipinski definition) is 12. The molecule has 338 valence electrons. The molecule has 1 unspecified atom stereocenters. The summed E-state index contributed by atoms with van der Waals surface area (Å²) in [4.78, 5) is 34.1. The van der Waals surface area contributed by atoms with Crippen molar-refractivity contribution < 1.29 is 48.8 Å². The second-order valence-electron chi connectivity index (χ2n) is 17.1. The van der Waals surface area contributed by atoms with Crippen LogP contribution in [0.15, 0.2) is 114 Å². The Kier molecular flexibility index (Phi) is 14.2. The fourth-order valence-electron chi connectivity index (χ4n) is 10.3. The number of nitro benzene ring substituents is 1. The van der Waals surface area contributed by atoms with E-state index < -0.39 is 35.1 Å². The minimum atomic E-state index is -1.60. The SMILES string of the molecule is C=CCO[C@@]12Oc3ccc(O)cc3[C@H]3[C@H](CCCCO)[C@@H](CCCCO)C=C(C(=NOC4CCCCO4)C[C@@H]1N(Cc1cccc4ccccc14)C(=O)Oc1ccc([N+](=O)[O-])cc1)[C@H]32. The summed E-state index contributed by atoms with van der Waals surface area (Å²) < 4.78 is 26.5. The molecule has 4 aromatic carbocycles. The minimum Gasteiger partial charge on any atom is -0.508 e. The first kappa shape index (κ1) is 44.8. The number of nitrogens with zero attached hydrogens (tertiary/aromatic N) is 3. The summed E-state index contributed by atoms with van der Waals surface area (Å²) in [5.74, 6) is -1.93. The van der Waals surface area contributed by atoms with Gasteiger partial charge in [0.1, 0.15) is 23.3 Å². The van der Waals surface area contributed by atoms with Crippen LogP contribution < -0.4 is 9.47 Å². The summed E-state index contributed by atoms with van der Waals surface area (Å²) in [6, 6.07) is 23.4. The molecule has 14 heteroatoms. The van der Waals surface area contributed by atoms with E-state index in [4.69, 9.17) is 28.9 Å². The summed E-state index contributed by atoms with van der Waals surface area (Å²) in [7, 11) is 0. The summed E-state index contributed by atoms with van der Waals surface area (Å²) >= 11 is 0. The highest BCUT2D eigenvalue weighted by molar-refractivity contribution is 6.03. The Morgan fingerprint density at radius 2 is 1.77 bits per heavy atom. The molecule has 1 saturated carbocycles. The molecule has 2 heterocycles. The number of phenols is 1. The van der Waals surface area contributed by atoms with Gasteiger partial charge in [-0.25, -0.2) is 4.79 Å². The summed E-state index contributed by atoms with van der Waals surface area (Å²) in [5.41, 5.74) is 2.91. The van der Waals surface area contributed by atoms with Crippen LogP contribution in [-0.4, -0.2) is 81.5 Å². The van der Waals surface area contributed by atoms with Crippen LogP contribution in [0.2, 0.25) is 0 Å². The molecular weight excluding hydrogens is 819 g/mol. The number of aliphatic hydroxyl groups is 2. The normalized spacial score (nSPS) is 25.3. The number of amides is 1. The van der Waals surface area contributed by atoms with Crippen molar-refractivity contribution in [2.45, 2.75) is 94.8 Å². The van der Waals surface area contributed by atoms with Crippen LogP contribution in [0.4, 0.5) is 10.5 Å². The molecule has 0 radical (unpaired) electrons. The van der Waals surface area contributed by atoms with Crippen molar-refractivity contribution in [3.63, 3.8) is 0 Å². The molecule has 2 fully saturated rings. The summed E-state index contributed by atoms with van der Waals surface area (Å²) in [6.07, 6.45) is 9.47. The van der Waals surface area contributed by atoms with E-state index in [-0.39, 0.29) is 67.7 Å². The highest BCUT2D eigenvalue weighted by Crippen LogP contribution is 2.62. The molecule has 8 rings (SSSR count). The van der Waals surface area contributed by atoms with E-state index in [0.717, 1.165) is 66.0 Å². The number of carbonyl (C=O) groups is 1. The smallest absolute Gasteiger partial charge is 0.416 e. The van der Waals surface area contributed by atoms with Gasteiger partial charge in [-0.3, -0.25) is 15.0 Å². The average Bonchev–Trinajstić information content (AvgIpc) is 3.31. The number of non-ortho nitro benzene ring substituents is 1. The van der Waals surface area contributed by atoms with E-state index in [9.17, 15) is 25.4 Å². The van der Waals surface area contributed by atoms with Gasteiger partial charge in [-0.1, -0.05) is 72.6 Å². The number of carbonyl (C=O) groups excluding carboxylic acids is 1. The van der Waals surface area contributed by atoms with Crippen molar-refractivity contribution >= 4 is 28.3 Å². The predicted octanol–water partition coefficient (Wildman–Crippen LogP) is 9.32. The number of allylic oxidation sites excluding steroid dienone is 1. The van der Waals surface area contributed by atoms with Crippen molar-refractivity contribution in [1.29, 1.82) is 0 Å². The molecule has 1 amide bonds. The number of fused-ring (bicyclic) bond motifs is 3. The third-order valence-electron chi connectivity index (χ3n) is 13.2. The van der Waals surface area contributed by atoms with E-state index in [1.54, 1.807) is 29.2 Å². The standard InChI is InChI=1S/C50H57N3O11/c1-2-27-61-50-45(52(32-35-15-11-14-33-12-3-4-16-39(33)35)49(57)62-38-22-19-36(20-23-38)53(58)59)31-43(51-64-46-18-7-10-28-60-46)41-29-34(13-5-8-25-54)40(17-6-9-26-55)47(48(41)50)42-30-37(56)21-24-44(42)63-50/h2-4,11-12,14-16,19-24,29-30,34,40,45-48,54-56H,1,5-10,13,17-18,25-28,31-32H2/t34-,40+,45-,46?,47+,48+,50+/m0/s1. The van der Waals surface area contributed by atoms with Gasteiger partial charge in [-0.2, -0.15) is 0 Å². The van der Waals surface area contributed by atoms with Gasteiger partial charge in [0, 0.05) is 49.7 Å². The summed E-state index contributed by atoms with van der Waals surface area (Å²) in [6.45, 7) is 4.78. The van der Waals surface area contributed by atoms with Gasteiger partial charge in [0.15, 0.2) is 0 Å². The van der Waals surface area contributed by atoms with E-state index in [0.29, 0.717) is 37.3 Å². The summed E-state index contributed by atoms with van der Waals surface area (Å²) in [5, 5.41) is 49.3. The van der Waals surface area contributed by atoms with Gasteiger partial charge in [-0.05, 0) is 103 Å². The first-order valence-electron chi connectivity index (χ1n) is 22.5. The topological polar surface area (TPSA) is 183 Å². The number of benzene rings is 4. The number of unbranched alkanes of at least 4 members (excludes halogenated alkanes) is 2. The average molecular weight is 876 g/mol. The van der Waals surface area contributed by atoms with E-state index in [1.165, 1.54) is 24.3 Å². The largest absolute Gasteiger partial charge is 0.508 e. The van der Waals surface area contributed by atoms with E-state index in [2.05, 4.69) is 12.7 Å². The third-order valence-corrected chi connectivity index (χ3v) is 13.2. The van der Waals surface area contributed by atoms with Crippen LogP contribution in [0.5, 0.6) is 17.2 Å². The Hall–Kier alpha value is -5.80. The number of rotatable bonds is 18. The zero-order chi connectivity index (χ0) is 44.6. The Labute approximate surface area is 372 Å². The van der Waals surface area contributed by atoms with Crippen molar-refractivity contribution in [3.8, 4) is 17.2 Å². The monoisotopic (exact) mass is 875 g/mol. The Morgan fingerprint density at radius 3 is 2.52 bits per heavy atom. The molecule has 0 spiro atoms. The molecule has 14 nitrogen and oxygen atoms in total. The highest BCUT2D eigenvalue weighted by Gasteiger charge is 2.66. The van der Waals surface area contributed by atoms with Crippen LogP contribution in [0.3, 0.4) is 0 Å². The molecule has 0 bridgehead atoms. The number of phenolic OH excluding ortho intramolecular Hbond substituents is 1. The highest BCUT2D eigenvalue weighted by atomic mass is 16.8. The van der Waals surface area contributed by atoms with Gasteiger partial charge >= 0.3 is 6.09 Å². The maximum Gasteiger partial charge on any atom is 0.416 e. The van der Waals surface area contributed by atoms with E-state index in [1.807, 2.05) is 42.5 Å². The maximum absolute atomic E-state index is 15.2. The first-order valence-corrected chi connectivity index (χ1v) is 22.5. The molecular formula is C50H57N3O11. The lowest BCUT2D eigenvalue weighted by molar-refractivity contribution is -0.384. The molecule has 64 heavy (non-hydrogen) atoms. The quantitative estimate of drug-likeness (QED) is 0.0375. The minimum absolute atomic E-state index is 0.00142. The number of aliphatic hydroxyl groups excluding tert-OH is 2. The van der Waals surface area contributed by atoms with Crippen molar-refractivity contribution in [1.82, 2.24) is 4.90 Å². The number of aromatic hydroxyl groups is 1. The fourth-order valence-corrected chi connectivity index (χ4v) is 10.3. The third kappa shape index (κ3) is 9.37. The first-order chi connectivity index (χ1) is 31.2. The van der Waals surface area contributed by atoms with Crippen LogP contribution in [0, 0.1) is 27.9 Å². The molecule has 1 saturated heterocycles. The van der Waals surface area contributed by atoms with Crippen LogP contribution in [0.25, 0.3) is 10.8 Å². The predicted molar refractivity (Wildman–Crippen MR) is 240 cm³/mol. The van der Waals surface area contributed by atoms with Gasteiger partial charge in [0.25, 0.3) is 5.69 Å². The lowest BCUT2D eigenvalue weighted by Gasteiger charge is -2.59. The molecule has 7 atom stereocenters. The maximum atomic E-state index is 15.2. The van der Waals surface area contributed by atoms with Crippen LogP contribution in [-0.2, 0) is 20.9 Å². The zero-order valence-corrected chi connectivity index (χ0v) is 36.0. The Morgan fingerprint density at radius 1 is 0.984 bits per heavy atom. The molecule has 2 aliphatic carbocycles. The van der Waals surface area contributed by atoms with Crippen molar-refractivity contribution in [2.24, 2.45) is 22.9 Å².